The minimum Gasteiger partial charge on any atom is -0.675 e. The van der Waals surface area contributed by atoms with E-state index in [2.05, 4.69) is 0 Å². The second-order valence-corrected chi connectivity index (χ2v) is 9.50. The van der Waals surface area contributed by atoms with Gasteiger partial charge in [-0.25, -0.2) is 12.1 Å². The Bertz CT molecular complexity index is 431. The van der Waals surface area contributed by atoms with Crippen molar-refractivity contribution in [2.24, 2.45) is 0 Å². The summed E-state index contributed by atoms with van der Waals surface area (Å²) in [5, 5.41) is -0.634. The van der Waals surface area contributed by atoms with Crippen LogP contribution in [0, 0.1) is 0 Å². The first-order chi connectivity index (χ1) is 13.0. The SMILES string of the molecule is CCC(C)[NH-].CCC(C)[NH-].CCC(C)[NH-].FC(F)(F)[SiH]([c-]1cccc1)C(F)(F)F.[Zr+4]. The normalized spacial score (nSPS) is 13.9. The summed E-state index contributed by atoms with van der Waals surface area (Å²) in [4.78, 5) is 0. The van der Waals surface area contributed by atoms with E-state index in [4.69, 9.17) is 17.2 Å². The van der Waals surface area contributed by atoms with E-state index in [-0.39, 0.29) is 44.3 Å². The minimum absolute atomic E-state index is 0. The zero-order valence-corrected chi connectivity index (χ0v) is 22.1. The molecule has 1 rings (SSSR count). The Morgan fingerprint density at radius 1 is 0.700 bits per heavy atom. The first kappa shape index (κ1) is 37.2. The van der Waals surface area contributed by atoms with Crippen molar-refractivity contribution >= 4 is 14.0 Å². The molecule has 0 amide bonds. The van der Waals surface area contributed by atoms with Crippen molar-refractivity contribution < 1.29 is 52.5 Å². The fourth-order valence-corrected chi connectivity index (χ4v) is 2.88. The van der Waals surface area contributed by atoms with Gasteiger partial charge in [-0.2, -0.15) is 38.5 Å². The second kappa shape index (κ2) is 19.6. The molecule has 0 aliphatic rings. The quantitative estimate of drug-likeness (QED) is 0.216. The van der Waals surface area contributed by atoms with Crippen LogP contribution in [0.2, 0.25) is 0 Å². The van der Waals surface area contributed by atoms with Gasteiger partial charge in [0.1, 0.15) is 0 Å². The van der Waals surface area contributed by atoms with Crippen molar-refractivity contribution in [3.63, 3.8) is 0 Å². The molecule has 0 aliphatic carbocycles. The van der Waals surface area contributed by atoms with Crippen LogP contribution in [0.1, 0.15) is 60.8 Å². The summed E-state index contributed by atoms with van der Waals surface area (Å²) in [5.41, 5.74) is 20.5. The van der Waals surface area contributed by atoms with Crippen LogP contribution in [0.3, 0.4) is 0 Å². The Hall–Kier alpha value is -0.0900. The van der Waals surface area contributed by atoms with Gasteiger partial charge in [0.2, 0.25) is 0 Å². The van der Waals surface area contributed by atoms with Gasteiger partial charge in [-0.3, -0.25) is 0 Å². The molecule has 0 bridgehead atoms. The number of rotatable bonds is 4. The van der Waals surface area contributed by atoms with Crippen molar-refractivity contribution in [1.29, 1.82) is 0 Å². The molecule has 3 unspecified atom stereocenters. The number of nitrogens with one attached hydrogen (secondary N) is 3. The Kier molecular flexibility index (Phi) is 24.3. The summed E-state index contributed by atoms with van der Waals surface area (Å²) < 4.78 is 72.7. The molecule has 3 atom stereocenters. The number of hydrogen-bond donors (Lipinski definition) is 0. The van der Waals surface area contributed by atoms with Crippen molar-refractivity contribution in [1.82, 2.24) is 0 Å². The summed E-state index contributed by atoms with van der Waals surface area (Å²) in [5.74, 6) is -10.3. The minimum atomic E-state index is -5.16. The Labute approximate surface area is 198 Å². The zero-order chi connectivity index (χ0) is 23.8. The van der Waals surface area contributed by atoms with E-state index < -0.39 is 25.6 Å². The van der Waals surface area contributed by atoms with Crippen molar-refractivity contribution in [2.75, 3.05) is 0 Å². The van der Waals surface area contributed by atoms with Crippen LogP contribution in [0.5, 0.6) is 0 Å². The maximum Gasteiger partial charge on any atom is 4.00 e. The predicted molar refractivity (Wildman–Crippen MR) is 113 cm³/mol. The number of hydrogen-bond acceptors (Lipinski definition) is 0. The van der Waals surface area contributed by atoms with Gasteiger partial charge in [0.25, 0.3) is 8.80 Å². The molecule has 3 N–H and O–H groups in total. The van der Waals surface area contributed by atoms with Gasteiger partial charge in [-0.15, -0.1) is 23.3 Å². The first-order valence-corrected chi connectivity index (χ1v) is 11.3. The zero-order valence-electron chi connectivity index (χ0n) is 18.5. The number of alkyl halides is 6. The number of halogens is 6. The molecule has 0 radical (unpaired) electrons. The van der Waals surface area contributed by atoms with E-state index in [1.165, 1.54) is 12.1 Å². The topological polar surface area (TPSA) is 71.4 Å². The third kappa shape index (κ3) is 24.2. The molecule has 3 nitrogen and oxygen atoms in total. The summed E-state index contributed by atoms with van der Waals surface area (Å²) in [6.45, 7) is 11.7. The van der Waals surface area contributed by atoms with Gasteiger partial charge >= 0.3 is 37.8 Å². The van der Waals surface area contributed by atoms with Gasteiger partial charge in [-0.1, -0.05) is 60.8 Å². The van der Waals surface area contributed by atoms with Gasteiger partial charge in [-0.05, 0) is 0 Å². The summed E-state index contributed by atoms with van der Waals surface area (Å²) in [6.07, 6.45) is 2.92. The Balaban J connectivity index is -0.000000176. The standard InChI is InChI=1S/C7H5F6Si.3C4H10N.Zr/c8-6(9,10)14(7(11,12)13)5-3-1-2-4-5;3*1-3-4(2)5;/h1-4,14H;3*4-5H,3H2,1-2H3;/q4*-1;+4. The van der Waals surface area contributed by atoms with Crippen molar-refractivity contribution in [3.8, 4) is 0 Å². The molecule has 30 heavy (non-hydrogen) atoms. The fraction of sp³-hybridized carbons (Fsp3) is 0.737. The van der Waals surface area contributed by atoms with E-state index in [0.717, 1.165) is 31.4 Å². The van der Waals surface area contributed by atoms with Crippen LogP contribution in [-0.2, 0) is 26.2 Å². The molecule has 0 fully saturated rings. The maximum atomic E-state index is 12.1. The average molecular weight is 539 g/mol. The Morgan fingerprint density at radius 3 is 1.03 bits per heavy atom. The summed E-state index contributed by atoms with van der Waals surface area (Å²) >= 11 is 0. The van der Waals surface area contributed by atoms with E-state index in [0.29, 0.717) is 0 Å². The second-order valence-electron chi connectivity index (χ2n) is 6.66. The van der Waals surface area contributed by atoms with Crippen LogP contribution in [0.25, 0.3) is 17.2 Å². The van der Waals surface area contributed by atoms with Gasteiger partial charge in [0.15, 0.2) is 0 Å². The van der Waals surface area contributed by atoms with Gasteiger partial charge in [0.05, 0.1) is 0 Å². The maximum absolute atomic E-state index is 12.1. The monoisotopic (exact) mass is 537 g/mol. The smallest absolute Gasteiger partial charge is 0.675 e. The average Bonchev–Trinajstić information content (AvgIpc) is 3.07. The van der Waals surface area contributed by atoms with E-state index in [9.17, 15) is 26.3 Å². The predicted octanol–water partition coefficient (Wildman–Crippen LogP) is 7.55. The molecule has 0 aromatic heterocycles. The molecule has 0 aliphatic heterocycles. The molecule has 0 saturated heterocycles. The molecule has 1 aromatic rings. The third-order valence-corrected chi connectivity index (χ3v) is 5.87. The molecule has 0 heterocycles. The molecular formula is C19H35F6N3SiZr. The molecular weight excluding hydrogens is 504 g/mol. The first-order valence-electron chi connectivity index (χ1n) is 9.52. The summed E-state index contributed by atoms with van der Waals surface area (Å²) in [6, 6.07) is 4.50. The van der Waals surface area contributed by atoms with Gasteiger partial charge < -0.3 is 17.2 Å². The van der Waals surface area contributed by atoms with Crippen molar-refractivity contribution in [2.45, 2.75) is 90.5 Å². The van der Waals surface area contributed by atoms with Crippen molar-refractivity contribution in [3.05, 3.63) is 41.5 Å². The Morgan fingerprint density at radius 2 is 0.900 bits per heavy atom. The van der Waals surface area contributed by atoms with E-state index in [1.807, 2.05) is 41.5 Å². The molecule has 11 heteroatoms. The van der Waals surface area contributed by atoms with E-state index in [1.54, 1.807) is 0 Å². The fourth-order valence-electron chi connectivity index (χ4n) is 1.14. The molecule has 0 spiro atoms. The van der Waals surface area contributed by atoms with E-state index >= 15 is 0 Å². The van der Waals surface area contributed by atoms with Crippen LogP contribution in [0.15, 0.2) is 24.3 Å². The summed E-state index contributed by atoms with van der Waals surface area (Å²) in [7, 11) is -4.92. The van der Waals surface area contributed by atoms with Crippen LogP contribution >= 0.6 is 0 Å². The molecule has 176 valence electrons. The third-order valence-electron chi connectivity index (χ3n) is 3.51. The molecule has 0 saturated carbocycles. The van der Waals surface area contributed by atoms with Gasteiger partial charge in [0, 0.05) is 0 Å². The van der Waals surface area contributed by atoms with Crippen LogP contribution in [0.4, 0.5) is 26.3 Å². The van der Waals surface area contributed by atoms with Crippen LogP contribution < -0.4 is 5.19 Å². The molecule has 1 aromatic carbocycles. The van der Waals surface area contributed by atoms with Crippen LogP contribution in [-0.4, -0.2) is 38.5 Å². The largest absolute Gasteiger partial charge is 4.00 e.